The normalized spacial score (nSPS) is 11.9. The second-order valence-electron chi connectivity index (χ2n) is 6.51. The van der Waals surface area contributed by atoms with Crippen LogP contribution in [-0.2, 0) is 11.2 Å². The molecule has 0 radical (unpaired) electrons. The van der Waals surface area contributed by atoms with Crippen molar-refractivity contribution in [2.24, 2.45) is 5.92 Å². The molecule has 0 saturated heterocycles. The van der Waals surface area contributed by atoms with Crippen LogP contribution in [0.3, 0.4) is 0 Å². The van der Waals surface area contributed by atoms with Crippen LogP contribution in [0.1, 0.15) is 37.8 Å². The lowest BCUT2D eigenvalue weighted by atomic mass is 9.96. The molecule has 3 nitrogen and oxygen atoms in total. The van der Waals surface area contributed by atoms with Gasteiger partial charge in [-0.15, -0.1) is 0 Å². The standard InChI is InChI=1S/C20H23BrN2OS/c1-13(2)11-15-7-9-16(10-8-15)14(3)19(24)23-20(25)22-18-6-4-5-17(21)12-18/h4-10,12-14H,11H2,1-3H3,(H2,22,23,24,25)/t14-/m0/s1. The molecule has 2 aromatic rings. The third-order valence-corrected chi connectivity index (χ3v) is 4.53. The summed E-state index contributed by atoms with van der Waals surface area (Å²) < 4.78 is 0.946. The molecule has 0 saturated carbocycles. The minimum atomic E-state index is -0.268. The SMILES string of the molecule is CC(C)Cc1ccc([C@H](C)C(=O)NC(=S)Nc2cccc(Br)c2)cc1. The fraction of sp³-hybridized carbons (Fsp3) is 0.300. The van der Waals surface area contributed by atoms with E-state index in [0.29, 0.717) is 11.0 Å². The van der Waals surface area contributed by atoms with Crippen LogP contribution in [0, 0.1) is 5.92 Å². The maximum absolute atomic E-state index is 12.4. The number of anilines is 1. The van der Waals surface area contributed by atoms with Crippen LogP contribution < -0.4 is 10.6 Å². The van der Waals surface area contributed by atoms with Crippen molar-refractivity contribution in [2.75, 3.05) is 5.32 Å². The number of nitrogens with one attached hydrogen (secondary N) is 2. The predicted molar refractivity (Wildman–Crippen MR) is 112 cm³/mol. The molecule has 0 unspecified atom stereocenters. The van der Waals surface area contributed by atoms with Crippen molar-refractivity contribution >= 4 is 44.9 Å². The lowest BCUT2D eigenvalue weighted by Gasteiger charge is -2.15. The third kappa shape index (κ3) is 6.25. The van der Waals surface area contributed by atoms with Gasteiger partial charge in [0.15, 0.2) is 5.11 Å². The zero-order valence-electron chi connectivity index (χ0n) is 14.7. The molecule has 0 aromatic heterocycles. The summed E-state index contributed by atoms with van der Waals surface area (Å²) in [5, 5.41) is 6.08. The Bertz CT molecular complexity index is 744. The van der Waals surface area contributed by atoms with Gasteiger partial charge in [-0.25, -0.2) is 0 Å². The Kier molecular flexibility index (Phi) is 7.14. The first-order valence-corrected chi connectivity index (χ1v) is 9.51. The molecule has 2 N–H and O–H groups in total. The summed E-state index contributed by atoms with van der Waals surface area (Å²) in [7, 11) is 0. The fourth-order valence-corrected chi connectivity index (χ4v) is 3.13. The van der Waals surface area contributed by atoms with E-state index in [2.05, 4.69) is 52.5 Å². The third-order valence-electron chi connectivity index (χ3n) is 3.84. The maximum atomic E-state index is 12.4. The number of hydrogen-bond acceptors (Lipinski definition) is 2. The Labute approximate surface area is 163 Å². The number of carbonyl (C=O) groups excluding carboxylic acids is 1. The van der Waals surface area contributed by atoms with Crippen LogP contribution >= 0.6 is 28.1 Å². The molecule has 132 valence electrons. The monoisotopic (exact) mass is 418 g/mol. The lowest BCUT2D eigenvalue weighted by Crippen LogP contribution is -2.36. The molecule has 0 bridgehead atoms. The van der Waals surface area contributed by atoms with Gasteiger partial charge in [-0.2, -0.15) is 0 Å². The zero-order valence-corrected chi connectivity index (χ0v) is 17.1. The summed E-state index contributed by atoms with van der Waals surface area (Å²) >= 11 is 8.64. The van der Waals surface area contributed by atoms with Gasteiger partial charge in [0, 0.05) is 10.2 Å². The lowest BCUT2D eigenvalue weighted by molar-refractivity contribution is -0.120. The number of thiocarbonyl (C=S) groups is 1. The molecule has 0 spiro atoms. The van der Waals surface area contributed by atoms with Gasteiger partial charge in [-0.05, 0) is 60.8 Å². The summed E-state index contributed by atoms with van der Waals surface area (Å²) in [6.45, 7) is 6.28. The number of carbonyl (C=O) groups is 1. The molecule has 0 heterocycles. The minimum Gasteiger partial charge on any atom is -0.332 e. The Morgan fingerprint density at radius 3 is 2.40 bits per heavy atom. The van der Waals surface area contributed by atoms with Gasteiger partial charge in [0.05, 0.1) is 5.92 Å². The summed E-state index contributed by atoms with van der Waals surface area (Å²) in [4.78, 5) is 12.4. The highest BCUT2D eigenvalue weighted by Crippen LogP contribution is 2.18. The quantitative estimate of drug-likeness (QED) is 0.650. The van der Waals surface area contributed by atoms with Gasteiger partial charge in [0.1, 0.15) is 0 Å². The molecular weight excluding hydrogens is 396 g/mol. The molecule has 0 aliphatic carbocycles. The van der Waals surface area contributed by atoms with Gasteiger partial charge in [0.25, 0.3) is 0 Å². The zero-order chi connectivity index (χ0) is 18.4. The minimum absolute atomic E-state index is 0.121. The Balaban J connectivity index is 1.94. The Hall–Kier alpha value is -1.72. The first-order chi connectivity index (χ1) is 11.8. The predicted octanol–water partition coefficient (Wildman–Crippen LogP) is 5.26. The topological polar surface area (TPSA) is 41.1 Å². The second-order valence-corrected chi connectivity index (χ2v) is 7.84. The Morgan fingerprint density at radius 1 is 1.12 bits per heavy atom. The largest absolute Gasteiger partial charge is 0.332 e. The summed E-state index contributed by atoms with van der Waals surface area (Å²) in [5.74, 6) is 0.229. The van der Waals surface area contributed by atoms with Gasteiger partial charge >= 0.3 is 0 Å². The number of benzene rings is 2. The van der Waals surface area contributed by atoms with E-state index < -0.39 is 0 Å². The van der Waals surface area contributed by atoms with Crippen molar-refractivity contribution in [3.8, 4) is 0 Å². The number of halogens is 1. The number of rotatable bonds is 5. The highest BCUT2D eigenvalue weighted by molar-refractivity contribution is 9.10. The van der Waals surface area contributed by atoms with E-state index in [1.165, 1.54) is 5.56 Å². The van der Waals surface area contributed by atoms with Crippen LogP contribution in [0.4, 0.5) is 5.69 Å². The molecular formula is C20H23BrN2OS. The van der Waals surface area contributed by atoms with Crippen molar-refractivity contribution in [3.63, 3.8) is 0 Å². The van der Waals surface area contributed by atoms with E-state index in [1.54, 1.807) is 0 Å². The molecule has 1 amide bonds. The summed E-state index contributed by atoms with van der Waals surface area (Å²) in [6.07, 6.45) is 1.04. The van der Waals surface area contributed by atoms with E-state index in [0.717, 1.165) is 22.1 Å². The summed E-state index contributed by atoms with van der Waals surface area (Å²) in [5.41, 5.74) is 3.10. The van der Waals surface area contributed by atoms with Crippen molar-refractivity contribution in [1.82, 2.24) is 5.32 Å². The van der Waals surface area contributed by atoms with E-state index in [-0.39, 0.29) is 11.8 Å². The van der Waals surface area contributed by atoms with Crippen LogP contribution in [0.5, 0.6) is 0 Å². The van der Waals surface area contributed by atoms with Gasteiger partial charge in [-0.3, -0.25) is 4.79 Å². The average Bonchev–Trinajstić information content (AvgIpc) is 2.54. The molecule has 0 aliphatic heterocycles. The molecule has 1 atom stereocenters. The highest BCUT2D eigenvalue weighted by Gasteiger charge is 2.16. The van der Waals surface area contributed by atoms with Crippen molar-refractivity contribution < 1.29 is 4.79 Å². The molecule has 2 aromatic carbocycles. The van der Waals surface area contributed by atoms with Crippen LogP contribution in [-0.4, -0.2) is 11.0 Å². The van der Waals surface area contributed by atoms with E-state index >= 15 is 0 Å². The number of hydrogen-bond donors (Lipinski definition) is 2. The molecule has 0 aliphatic rings. The van der Waals surface area contributed by atoms with Gasteiger partial charge in [-0.1, -0.05) is 60.1 Å². The highest BCUT2D eigenvalue weighted by atomic mass is 79.9. The van der Waals surface area contributed by atoms with E-state index in [1.807, 2.05) is 43.3 Å². The second kappa shape index (κ2) is 9.11. The number of amides is 1. The first-order valence-electron chi connectivity index (χ1n) is 8.31. The fourth-order valence-electron chi connectivity index (χ4n) is 2.51. The van der Waals surface area contributed by atoms with Crippen LogP contribution in [0.25, 0.3) is 0 Å². The van der Waals surface area contributed by atoms with Gasteiger partial charge < -0.3 is 10.6 Å². The molecule has 25 heavy (non-hydrogen) atoms. The molecule has 0 fully saturated rings. The summed E-state index contributed by atoms with van der Waals surface area (Å²) in [6, 6.07) is 15.8. The van der Waals surface area contributed by atoms with E-state index in [9.17, 15) is 4.79 Å². The van der Waals surface area contributed by atoms with E-state index in [4.69, 9.17) is 12.2 Å². The van der Waals surface area contributed by atoms with Gasteiger partial charge in [0.2, 0.25) is 5.91 Å². The Morgan fingerprint density at radius 2 is 1.80 bits per heavy atom. The van der Waals surface area contributed by atoms with Crippen LogP contribution in [0.2, 0.25) is 0 Å². The average molecular weight is 419 g/mol. The molecule has 2 rings (SSSR count). The van der Waals surface area contributed by atoms with Crippen molar-refractivity contribution in [3.05, 3.63) is 64.1 Å². The van der Waals surface area contributed by atoms with Crippen molar-refractivity contribution in [2.45, 2.75) is 33.1 Å². The molecule has 5 heteroatoms. The van der Waals surface area contributed by atoms with Crippen LogP contribution in [0.15, 0.2) is 53.0 Å². The first kappa shape index (κ1) is 19.6. The maximum Gasteiger partial charge on any atom is 0.233 e. The van der Waals surface area contributed by atoms with Crippen molar-refractivity contribution in [1.29, 1.82) is 0 Å². The smallest absolute Gasteiger partial charge is 0.233 e.